The van der Waals surface area contributed by atoms with Gasteiger partial charge in [-0.25, -0.2) is 0 Å². The minimum atomic E-state index is -0.0781. The Morgan fingerprint density at radius 3 is 2.76 bits per heavy atom. The molecule has 2 fully saturated rings. The van der Waals surface area contributed by atoms with Crippen LogP contribution in [-0.4, -0.2) is 43.6 Å². The Labute approximate surface area is 124 Å². The highest BCUT2D eigenvalue weighted by Gasteiger charge is 2.39. The molecule has 0 saturated carbocycles. The number of hydrogen-bond acceptors (Lipinski definition) is 4. The fraction of sp³-hybridized carbons (Fsp3) is 0.562. The number of nitrogens with zero attached hydrogens (tertiary/aromatic N) is 1. The van der Waals surface area contributed by atoms with Gasteiger partial charge in [0.1, 0.15) is 5.75 Å². The standard InChI is InChI=1S/C16H21N3O2/c20-15-9-21-14-7-12(1-2-13(14)18-15)8-19-5-3-16(4-6-19)10-17-11-16/h1-2,7,17H,3-6,8-11H2,(H,18,20). The Morgan fingerprint density at radius 2 is 2.05 bits per heavy atom. The molecule has 1 aromatic rings. The van der Waals surface area contributed by atoms with Crippen molar-refractivity contribution in [3.05, 3.63) is 23.8 Å². The number of ether oxygens (including phenoxy) is 1. The molecule has 3 aliphatic rings. The summed E-state index contributed by atoms with van der Waals surface area (Å²) in [6.07, 6.45) is 2.61. The highest BCUT2D eigenvalue weighted by molar-refractivity contribution is 5.95. The molecule has 0 unspecified atom stereocenters. The summed E-state index contributed by atoms with van der Waals surface area (Å²) in [6.45, 7) is 5.84. The van der Waals surface area contributed by atoms with Crippen molar-refractivity contribution in [3.63, 3.8) is 0 Å². The summed E-state index contributed by atoms with van der Waals surface area (Å²) >= 11 is 0. The third-order valence-electron chi connectivity index (χ3n) is 5.00. The van der Waals surface area contributed by atoms with E-state index >= 15 is 0 Å². The molecule has 5 heteroatoms. The first kappa shape index (κ1) is 13.1. The Morgan fingerprint density at radius 1 is 1.24 bits per heavy atom. The lowest BCUT2D eigenvalue weighted by Crippen LogP contribution is -2.58. The summed E-state index contributed by atoms with van der Waals surface area (Å²) in [7, 11) is 0. The average molecular weight is 287 g/mol. The van der Waals surface area contributed by atoms with Crippen molar-refractivity contribution in [3.8, 4) is 5.75 Å². The molecule has 5 nitrogen and oxygen atoms in total. The number of hydrogen-bond donors (Lipinski definition) is 2. The van der Waals surface area contributed by atoms with Crippen LogP contribution >= 0.6 is 0 Å². The molecule has 1 aromatic carbocycles. The zero-order valence-electron chi connectivity index (χ0n) is 12.2. The normalized spacial score (nSPS) is 23.9. The fourth-order valence-electron chi connectivity index (χ4n) is 3.49. The Balaban J connectivity index is 1.40. The van der Waals surface area contributed by atoms with Gasteiger partial charge in [-0.05, 0) is 49.0 Å². The van der Waals surface area contributed by atoms with Crippen LogP contribution in [0.25, 0.3) is 0 Å². The van der Waals surface area contributed by atoms with E-state index in [1.165, 1.54) is 44.6 Å². The Kier molecular flexibility index (Phi) is 3.12. The second-order valence-corrected chi connectivity index (χ2v) is 6.55. The fourth-order valence-corrected chi connectivity index (χ4v) is 3.49. The van der Waals surface area contributed by atoms with Gasteiger partial charge in [0.05, 0.1) is 5.69 Å². The third-order valence-corrected chi connectivity index (χ3v) is 5.00. The maximum atomic E-state index is 11.3. The number of amides is 1. The first-order valence-corrected chi connectivity index (χ1v) is 7.71. The van der Waals surface area contributed by atoms with Gasteiger partial charge in [0.2, 0.25) is 0 Å². The molecular weight excluding hydrogens is 266 g/mol. The van der Waals surface area contributed by atoms with Crippen molar-refractivity contribution in [1.82, 2.24) is 10.2 Å². The lowest BCUT2D eigenvalue weighted by Gasteiger charge is -2.48. The number of likely N-dealkylation sites (tertiary alicyclic amines) is 1. The maximum absolute atomic E-state index is 11.3. The SMILES string of the molecule is O=C1COc2cc(CN3CCC4(CC3)CNC4)ccc2N1. The molecule has 1 spiro atoms. The zero-order chi connectivity index (χ0) is 14.3. The van der Waals surface area contributed by atoms with E-state index in [0.29, 0.717) is 5.41 Å². The van der Waals surface area contributed by atoms with E-state index in [0.717, 1.165) is 18.0 Å². The first-order valence-electron chi connectivity index (χ1n) is 7.71. The third kappa shape index (κ3) is 2.51. The number of carbonyl (C=O) groups excluding carboxylic acids is 1. The van der Waals surface area contributed by atoms with Crippen molar-refractivity contribution in [2.24, 2.45) is 5.41 Å². The van der Waals surface area contributed by atoms with Gasteiger partial charge in [0, 0.05) is 19.6 Å². The minimum Gasteiger partial charge on any atom is -0.482 e. The van der Waals surface area contributed by atoms with Crippen LogP contribution in [0.4, 0.5) is 5.69 Å². The molecule has 4 rings (SSSR count). The molecular formula is C16H21N3O2. The number of carbonyl (C=O) groups is 1. The number of piperidine rings is 1. The lowest BCUT2D eigenvalue weighted by atomic mass is 9.73. The first-order chi connectivity index (χ1) is 10.2. The van der Waals surface area contributed by atoms with Crippen LogP contribution in [0.3, 0.4) is 0 Å². The molecule has 3 aliphatic heterocycles. The molecule has 0 radical (unpaired) electrons. The molecule has 2 N–H and O–H groups in total. The Bertz CT molecular complexity index is 559. The van der Waals surface area contributed by atoms with E-state index < -0.39 is 0 Å². The predicted molar refractivity (Wildman–Crippen MR) is 80.4 cm³/mol. The van der Waals surface area contributed by atoms with E-state index in [1.807, 2.05) is 6.07 Å². The van der Waals surface area contributed by atoms with Gasteiger partial charge in [0.25, 0.3) is 5.91 Å². The van der Waals surface area contributed by atoms with Gasteiger partial charge in [-0.1, -0.05) is 6.07 Å². The van der Waals surface area contributed by atoms with Gasteiger partial charge in [0.15, 0.2) is 6.61 Å². The number of nitrogens with one attached hydrogen (secondary N) is 2. The van der Waals surface area contributed by atoms with E-state index in [2.05, 4.69) is 27.7 Å². The highest BCUT2D eigenvalue weighted by Crippen LogP contribution is 2.36. The van der Waals surface area contributed by atoms with Crippen molar-refractivity contribution >= 4 is 11.6 Å². The number of anilines is 1. The molecule has 0 aliphatic carbocycles. The quantitative estimate of drug-likeness (QED) is 0.858. The number of fused-ring (bicyclic) bond motifs is 1. The van der Waals surface area contributed by atoms with E-state index in [4.69, 9.17) is 4.74 Å². The van der Waals surface area contributed by atoms with E-state index in [1.54, 1.807) is 0 Å². The zero-order valence-corrected chi connectivity index (χ0v) is 12.2. The Hall–Kier alpha value is -1.59. The van der Waals surface area contributed by atoms with Gasteiger partial charge in [-0.2, -0.15) is 0 Å². The second kappa shape index (κ2) is 5.00. The molecule has 0 atom stereocenters. The summed E-state index contributed by atoms with van der Waals surface area (Å²) in [6, 6.07) is 6.09. The summed E-state index contributed by atoms with van der Waals surface area (Å²) in [5.41, 5.74) is 2.64. The van der Waals surface area contributed by atoms with Gasteiger partial charge in [-0.15, -0.1) is 0 Å². The maximum Gasteiger partial charge on any atom is 0.262 e. The van der Waals surface area contributed by atoms with Crippen LogP contribution in [0.2, 0.25) is 0 Å². The van der Waals surface area contributed by atoms with Gasteiger partial charge >= 0.3 is 0 Å². The van der Waals surface area contributed by atoms with E-state index in [9.17, 15) is 4.79 Å². The van der Waals surface area contributed by atoms with Crippen molar-refractivity contribution in [1.29, 1.82) is 0 Å². The molecule has 0 bridgehead atoms. The molecule has 1 amide bonds. The second-order valence-electron chi connectivity index (χ2n) is 6.55. The van der Waals surface area contributed by atoms with Crippen molar-refractivity contribution < 1.29 is 9.53 Å². The molecule has 21 heavy (non-hydrogen) atoms. The summed E-state index contributed by atoms with van der Waals surface area (Å²) < 4.78 is 5.49. The molecule has 112 valence electrons. The minimum absolute atomic E-state index is 0.0781. The smallest absolute Gasteiger partial charge is 0.262 e. The number of benzene rings is 1. The van der Waals surface area contributed by atoms with Crippen LogP contribution in [-0.2, 0) is 11.3 Å². The van der Waals surface area contributed by atoms with Crippen LogP contribution in [0, 0.1) is 5.41 Å². The van der Waals surface area contributed by atoms with Crippen molar-refractivity contribution in [2.75, 3.05) is 38.1 Å². The largest absolute Gasteiger partial charge is 0.482 e. The molecule has 2 saturated heterocycles. The molecule has 0 aromatic heterocycles. The summed E-state index contributed by atoms with van der Waals surface area (Å²) in [5.74, 6) is 0.717. The van der Waals surface area contributed by atoms with E-state index in [-0.39, 0.29) is 12.5 Å². The molecule has 3 heterocycles. The van der Waals surface area contributed by atoms with Crippen LogP contribution in [0.1, 0.15) is 18.4 Å². The summed E-state index contributed by atoms with van der Waals surface area (Å²) in [5, 5.41) is 6.24. The average Bonchev–Trinajstić information content (AvgIpc) is 2.47. The monoisotopic (exact) mass is 287 g/mol. The van der Waals surface area contributed by atoms with Crippen LogP contribution in [0.15, 0.2) is 18.2 Å². The highest BCUT2D eigenvalue weighted by atomic mass is 16.5. The van der Waals surface area contributed by atoms with Gasteiger partial charge in [-0.3, -0.25) is 9.69 Å². The van der Waals surface area contributed by atoms with Crippen LogP contribution in [0.5, 0.6) is 5.75 Å². The summed E-state index contributed by atoms with van der Waals surface area (Å²) in [4.78, 5) is 13.8. The lowest BCUT2D eigenvalue weighted by molar-refractivity contribution is -0.118. The topological polar surface area (TPSA) is 53.6 Å². The number of rotatable bonds is 2. The predicted octanol–water partition coefficient (Wildman–Crippen LogP) is 1.20. The van der Waals surface area contributed by atoms with Gasteiger partial charge < -0.3 is 15.4 Å². The van der Waals surface area contributed by atoms with Crippen molar-refractivity contribution in [2.45, 2.75) is 19.4 Å². The van der Waals surface area contributed by atoms with Crippen LogP contribution < -0.4 is 15.4 Å².